The van der Waals surface area contributed by atoms with E-state index in [0.29, 0.717) is 6.61 Å². The maximum Gasteiger partial charge on any atom is 0.339 e. The molecule has 2 rings (SSSR count). The van der Waals surface area contributed by atoms with Crippen LogP contribution in [0.5, 0.6) is 5.75 Å². The van der Waals surface area contributed by atoms with Crippen molar-refractivity contribution in [1.82, 2.24) is 5.32 Å². The predicted molar refractivity (Wildman–Crippen MR) is 66.9 cm³/mol. The first-order valence-corrected chi connectivity index (χ1v) is 6.05. The molecule has 0 aliphatic carbocycles. The third-order valence-electron chi connectivity index (χ3n) is 3.06. The SMILES string of the molecule is O=C(O)c1ccc(OC[C@@H]2CCCN2)c(C(=O)O)c1. The summed E-state index contributed by atoms with van der Waals surface area (Å²) < 4.78 is 5.48. The molecule has 1 fully saturated rings. The van der Waals surface area contributed by atoms with Gasteiger partial charge in [-0.05, 0) is 37.6 Å². The molecular formula is C13H15NO5. The van der Waals surface area contributed by atoms with Gasteiger partial charge in [0.2, 0.25) is 0 Å². The highest BCUT2D eigenvalue weighted by Gasteiger charge is 2.18. The van der Waals surface area contributed by atoms with E-state index < -0.39 is 11.9 Å². The summed E-state index contributed by atoms with van der Waals surface area (Å²) in [6.45, 7) is 1.32. The van der Waals surface area contributed by atoms with Crippen LogP contribution < -0.4 is 10.1 Å². The highest BCUT2D eigenvalue weighted by atomic mass is 16.5. The Morgan fingerprint density at radius 1 is 1.32 bits per heavy atom. The van der Waals surface area contributed by atoms with E-state index >= 15 is 0 Å². The minimum absolute atomic E-state index is 0.0660. The van der Waals surface area contributed by atoms with Gasteiger partial charge in [-0.25, -0.2) is 9.59 Å². The van der Waals surface area contributed by atoms with E-state index in [1.807, 2.05) is 0 Å². The summed E-state index contributed by atoms with van der Waals surface area (Å²) in [4.78, 5) is 21.9. The highest BCUT2D eigenvalue weighted by Crippen LogP contribution is 2.21. The fraction of sp³-hybridized carbons (Fsp3) is 0.385. The van der Waals surface area contributed by atoms with E-state index in [4.69, 9.17) is 14.9 Å². The molecule has 0 amide bonds. The number of carboxylic acids is 2. The monoisotopic (exact) mass is 265 g/mol. The second-order valence-corrected chi connectivity index (χ2v) is 4.43. The quantitative estimate of drug-likeness (QED) is 0.740. The van der Waals surface area contributed by atoms with Gasteiger partial charge in [0, 0.05) is 6.04 Å². The number of hydrogen-bond acceptors (Lipinski definition) is 4. The number of rotatable bonds is 5. The first-order valence-electron chi connectivity index (χ1n) is 6.05. The van der Waals surface area contributed by atoms with Gasteiger partial charge >= 0.3 is 11.9 Å². The Kier molecular flexibility index (Phi) is 4.01. The van der Waals surface area contributed by atoms with Crippen molar-refractivity contribution >= 4 is 11.9 Å². The van der Waals surface area contributed by atoms with Crippen LogP contribution in [0.15, 0.2) is 18.2 Å². The van der Waals surface area contributed by atoms with Crippen LogP contribution in [0.2, 0.25) is 0 Å². The summed E-state index contributed by atoms with van der Waals surface area (Å²) in [5.74, 6) is -2.16. The third-order valence-corrected chi connectivity index (χ3v) is 3.06. The molecule has 0 unspecified atom stereocenters. The largest absolute Gasteiger partial charge is 0.491 e. The van der Waals surface area contributed by atoms with E-state index in [0.717, 1.165) is 25.5 Å². The van der Waals surface area contributed by atoms with Crippen molar-refractivity contribution in [2.75, 3.05) is 13.2 Å². The Morgan fingerprint density at radius 3 is 2.68 bits per heavy atom. The molecule has 1 aliphatic rings. The maximum absolute atomic E-state index is 11.1. The molecule has 1 heterocycles. The lowest BCUT2D eigenvalue weighted by atomic mass is 10.1. The van der Waals surface area contributed by atoms with Gasteiger partial charge < -0.3 is 20.3 Å². The van der Waals surface area contributed by atoms with E-state index in [9.17, 15) is 9.59 Å². The van der Waals surface area contributed by atoms with Gasteiger partial charge in [-0.2, -0.15) is 0 Å². The zero-order valence-electron chi connectivity index (χ0n) is 10.3. The summed E-state index contributed by atoms with van der Waals surface area (Å²) in [5, 5.41) is 21.2. The van der Waals surface area contributed by atoms with Gasteiger partial charge in [0.1, 0.15) is 17.9 Å². The molecule has 6 heteroatoms. The lowest BCUT2D eigenvalue weighted by Crippen LogP contribution is -2.28. The maximum atomic E-state index is 11.1. The smallest absolute Gasteiger partial charge is 0.339 e. The Balaban J connectivity index is 2.14. The van der Waals surface area contributed by atoms with Crippen molar-refractivity contribution in [2.24, 2.45) is 0 Å². The number of nitrogens with one attached hydrogen (secondary N) is 1. The average molecular weight is 265 g/mol. The normalized spacial score (nSPS) is 18.2. The van der Waals surface area contributed by atoms with E-state index in [2.05, 4.69) is 5.32 Å². The van der Waals surface area contributed by atoms with Crippen LogP contribution >= 0.6 is 0 Å². The zero-order chi connectivity index (χ0) is 13.8. The first-order chi connectivity index (χ1) is 9.08. The predicted octanol–water partition coefficient (Wildman–Crippen LogP) is 1.21. The summed E-state index contributed by atoms with van der Waals surface area (Å²) in [6, 6.07) is 4.07. The number of ether oxygens (including phenoxy) is 1. The van der Waals surface area contributed by atoms with Gasteiger partial charge in [0.15, 0.2) is 0 Å². The highest BCUT2D eigenvalue weighted by molar-refractivity contribution is 5.95. The minimum atomic E-state index is -1.20. The number of carboxylic acid groups (broad SMARTS) is 2. The van der Waals surface area contributed by atoms with Crippen molar-refractivity contribution in [1.29, 1.82) is 0 Å². The standard InChI is InChI=1S/C13H15NO5/c15-12(16)8-3-4-11(10(6-8)13(17)18)19-7-9-2-1-5-14-9/h3-4,6,9,14H,1-2,5,7H2,(H,15,16)(H,17,18)/t9-/m0/s1. The van der Waals surface area contributed by atoms with Crippen LogP contribution in [0.3, 0.4) is 0 Å². The molecule has 0 aromatic heterocycles. The number of benzene rings is 1. The molecule has 0 radical (unpaired) electrons. The van der Waals surface area contributed by atoms with Gasteiger partial charge in [-0.1, -0.05) is 0 Å². The molecule has 102 valence electrons. The molecule has 1 aromatic rings. The van der Waals surface area contributed by atoms with Crippen LogP contribution in [0.4, 0.5) is 0 Å². The van der Waals surface area contributed by atoms with Crippen molar-refractivity contribution in [3.8, 4) is 5.75 Å². The van der Waals surface area contributed by atoms with E-state index in [1.165, 1.54) is 12.1 Å². The second kappa shape index (κ2) is 5.71. The van der Waals surface area contributed by atoms with Gasteiger partial charge in [-0.3, -0.25) is 0 Å². The molecule has 1 aliphatic heterocycles. The summed E-state index contributed by atoms with van der Waals surface area (Å²) in [5.41, 5.74) is -0.193. The molecule has 0 saturated carbocycles. The topological polar surface area (TPSA) is 95.9 Å². The van der Waals surface area contributed by atoms with Crippen molar-refractivity contribution in [3.63, 3.8) is 0 Å². The van der Waals surface area contributed by atoms with Crippen LogP contribution in [-0.4, -0.2) is 41.3 Å². The molecule has 0 bridgehead atoms. The Morgan fingerprint density at radius 2 is 2.11 bits per heavy atom. The lowest BCUT2D eigenvalue weighted by molar-refractivity contribution is 0.0691. The Labute approximate surface area is 110 Å². The summed E-state index contributed by atoms with van der Waals surface area (Å²) in [7, 11) is 0. The Bertz CT molecular complexity index is 494. The molecule has 0 spiro atoms. The van der Waals surface area contributed by atoms with E-state index in [-0.39, 0.29) is 22.9 Å². The Hall–Kier alpha value is -2.08. The zero-order valence-corrected chi connectivity index (χ0v) is 10.3. The van der Waals surface area contributed by atoms with Gasteiger partial charge in [0.25, 0.3) is 0 Å². The first kappa shape index (κ1) is 13.4. The number of aromatic carboxylic acids is 2. The van der Waals surface area contributed by atoms with Gasteiger partial charge in [-0.15, -0.1) is 0 Å². The van der Waals surface area contributed by atoms with Crippen molar-refractivity contribution < 1.29 is 24.5 Å². The fourth-order valence-electron chi connectivity index (χ4n) is 2.05. The average Bonchev–Trinajstić information content (AvgIpc) is 2.89. The van der Waals surface area contributed by atoms with Crippen LogP contribution in [0.25, 0.3) is 0 Å². The second-order valence-electron chi connectivity index (χ2n) is 4.43. The molecule has 3 N–H and O–H groups in total. The van der Waals surface area contributed by atoms with Crippen LogP contribution in [0, 0.1) is 0 Å². The lowest BCUT2D eigenvalue weighted by Gasteiger charge is -2.14. The summed E-state index contributed by atoms with van der Waals surface area (Å²) >= 11 is 0. The van der Waals surface area contributed by atoms with E-state index in [1.54, 1.807) is 0 Å². The summed E-state index contributed by atoms with van der Waals surface area (Å²) in [6.07, 6.45) is 2.08. The number of hydrogen-bond donors (Lipinski definition) is 3. The van der Waals surface area contributed by atoms with Crippen molar-refractivity contribution in [3.05, 3.63) is 29.3 Å². The van der Waals surface area contributed by atoms with Gasteiger partial charge in [0.05, 0.1) is 5.56 Å². The molecule has 6 nitrogen and oxygen atoms in total. The number of carbonyl (C=O) groups is 2. The molecule has 1 atom stereocenters. The van der Waals surface area contributed by atoms with Crippen LogP contribution in [0.1, 0.15) is 33.6 Å². The molecule has 19 heavy (non-hydrogen) atoms. The molecular weight excluding hydrogens is 250 g/mol. The van der Waals surface area contributed by atoms with Crippen molar-refractivity contribution in [2.45, 2.75) is 18.9 Å². The minimum Gasteiger partial charge on any atom is -0.491 e. The molecule has 1 aromatic carbocycles. The molecule has 1 saturated heterocycles. The third kappa shape index (κ3) is 3.23. The van der Waals surface area contributed by atoms with Crippen LogP contribution in [-0.2, 0) is 0 Å². The fourth-order valence-corrected chi connectivity index (χ4v) is 2.05.